The van der Waals surface area contributed by atoms with Gasteiger partial charge in [0, 0.05) is 24.2 Å². The van der Waals surface area contributed by atoms with E-state index in [0.29, 0.717) is 23.0 Å². The van der Waals surface area contributed by atoms with E-state index >= 15 is 0 Å². The summed E-state index contributed by atoms with van der Waals surface area (Å²) < 4.78 is 10.4. The number of nitrogens with one attached hydrogen (secondary N) is 1. The Bertz CT molecular complexity index is 396. The van der Waals surface area contributed by atoms with Gasteiger partial charge in [-0.3, -0.25) is 0 Å². The van der Waals surface area contributed by atoms with Crippen LogP contribution in [0.1, 0.15) is 6.92 Å². The highest BCUT2D eigenvalue weighted by atomic mass is 32.1. The summed E-state index contributed by atoms with van der Waals surface area (Å²) in [6.07, 6.45) is 0. The molecule has 1 rings (SSSR count). The fraction of sp³-hybridized carbons (Fsp3) is 0.417. The third kappa shape index (κ3) is 3.78. The summed E-state index contributed by atoms with van der Waals surface area (Å²) >= 11 is 4.91. The Hall–Kier alpha value is -1.49. The predicted molar refractivity (Wildman–Crippen MR) is 74.0 cm³/mol. The van der Waals surface area contributed by atoms with Crippen molar-refractivity contribution in [1.29, 1.82) is 0 Å². The van der Waals surface area contributed by atoms with Gasteiger partial charge in [0.05, 0.1) is 19.2 Å². The minimum atomic E-state index is 0.151. The maximum absolute atomic E-state index is 5.55. The van der Waals surface area contributed by atoms with E-state index in [2.05, 4.69) is 5.32 Å². The Labute approximate surface area is 107 Å². The lowest BCUT2D eigenvalue weighted by atomic mass is 10.2. The van der Waals surface area contributed by atoms with E-state index in [1.54, 1.807) is 14.2 Å². The van der Waals surface area contributed by atoms with Gasteiger partial charge in [-0.2, -0.15) is 0 Å². The van der Waals surface area contributed by atoms with Crippen LogP contribution in [0.4, 0.5) is 5.69 Å². The lowest BCUT2D eigenvalue weighted by Gasteiger charge is -2.14. The fourth-order valence-corrected chi connectivity index (χ4v) is 1.40. The molecule has 0 fully saturated rings. The standard InChI is InChI=1S/C12H18N2O2S/c1-8(12(13)17)7-14-9-4-5-10(15-2)11(6-9)16-3/h4-6,8,14H,7H2,1-3H3,(H2,13,17). The average Bonchev–Trinajstić information content (AvgIpc) is 2.35. The van der Waals surface area contributed by atoms with Crippen LogP contribution in [0.15, 0.2) is 18.2 Å². The number of nitrogens with two attached hydrogens (primary N) is 1. The first-order valence-electron chi connectivity index (χ1n) is 5.33. The molecule has 0 saturated heterocycles. The van der Waals surface area contributed by atoms with Gasteiger partial charge in [0.15, 0.2) is 11.5 Å². The number of hydrogen-bond acceptors (Lipinski definition) is 4. The average molecular weight is 254 g/mol. The molecule has 94 valence electrons. The van der Waals surface area contributed by atoms with Gasteiger partial charge < -0.3 is 20.5 Å². The molecule has 1 aromatic rings. The van der Waals surface area contributed by atoms with Crippen LogP contribution in [-0.2, 0) is 0 Å². The van der Waals surface area contributed by atoms with E-state index in [9.17, 15) is 0 Å². The molecule has 0 aliphatic rings. The van der Waals surface area contributed by atoms with Gasteiger partial charge in [0.2, 0.25) is 0 Å². The zero-order valence-corrected chi connectivity index (χ0v) is 11.1. The smallest absolute Gasteiger partial charge is 0.162 e. The zero-order chi connectivity index (χ0) is 12.8. The van der Waals surface area contributed by atoms with Crippen molar-refractivity contribution < 1.29 is 9.47 Å². The Morgan fingerprint density at radius 3 is 2.53 bits per heavy atom. The Morgan fingerprint density at radius 2 is 2.00 bits per heavy atom. The summed E-state index contributed by atoms with van der Waals surface area (Å²) in [5.74, 6) is 1.55. The van der Waals surface area contributed by atoms with Gasteiger partial charge in [-0.05, 0) is 12.1 Å². The fourth-order valence-electron chi connectivity index (χ4n) is 1.32. The lowest BCUT2D eigenvalue weighted by molar-refractivity contribution is 0.355. The summed E-state index contributed by atoms with van der Waals surface area (Å²) in [5, 5.41) is 3.25. The number of benzene rings is 1. The van der Waals surface area contributed by atoms with Crippen LogP contribution in [0.3, 0.4) is 0 Å². The van der Waals surface area contributed by atoms with Crippen molar-refractivity contribution >= 4 is 22.9 Å². The SMILES string of the molecule is COc1ccc(NCC(C)C(N)=S)cc1OC. The highest BCUT2D eigenvalue weighted by Gasteiger charge is 2.07. The molecule has 0 bridgehead atoms. The summed E-state index contributed by atoms with van der Waals surface area (Å²) in [6.45, 7) is 2.68. The molecule has 0 radical (unpaired) electrons. The molecule has 1 unspecified atom stereocenters. The van der Waals surface area contributed by atoms with Gasteiger partial charge in [-0.1, -0.05) is 19.1 Å². The maximum Gasteiger partial charge on any atom is 0.162 e. The Morgan fingerprint density at radius 1 is 1.35 bits per heavy atom. The lowest BCUT2D eigenvalue weighted by Crippen LogP contribution is -2.25. The zero-order valence-electron chi connectivity index (χ0n) is 10.3. The number of thiocarbonyl (C=S) groups is 1. The molecule has 4 nitrogen and oxygen atoms in total. The Balaban J connectivity index is 2.69. The molecule has 0 aliphatic heterocycles. The second kappa shape index (κ2) is 6.30. The number of hydrogen-bond donors (Lipinski definition) is 2. The molecule has 0 heterocycles. The molecule has 5 heteroatoms. The third-order valence-electron chi connectivity index (χ3n) is 2.48. The molecule has 0 saturated carbocycles. The van der Waals surface area contributed by atoms with E-state index in [1.165, 1.54) is 0 Å². The van der Waals surface area contributed by atoms with Gasteiger partial charge in [0.25, 0.3) is 0 Å². The molecule has 0 spiro atoms. The van der Waals surface area contributed by atoms with Crippen LogP contribution < -0.4 is 20.5 Å². The van der Waals surface area contributed by atoms with E-state index in [1.807, 2.05) is 25.1 Å². The van der Waals surface area contributed by atoms with Crippen molar-refractivity contribution in [3.8, 4) is 11.5 Å². The molecule has 0 aromatic heterocycles. The number of methoxy groups -OCH3 is 2. The third-order valence-corrected chi connectivity index (χ3v) is 2.88. The molecule has 1 atom stereocenters. The largest absolute Gasteiger partial charge is 0.493 e. The minimum Gasteiger partial charge on any atom is -0.493 e. The van der Waals surface area contributed by atoms with Crippen LogP contribution in [0.25, 0.3) is 0 Å². The van der Waals surface area contributed by atoms with Gasteiger partial charge in [0.1, 0.15) is 0 Å². The first-order chi connectivity index (χ1) is 8.08. The monoisotopic (exact) mass is 254 g/mol. The van der Waals surface area contributed by atoms with Gasteiger partial charge >= 0.3 is 0 Å². The van der Waals surface area contributed by atoms with Crippen LogP contribution in [0, 0.1) is 5.92 Å². The van der Waals surface area contributed by atoms with Crippen LogP contribution in [0.5, 0.6) is 11.5 Å². The van der Waals surface area contributed by atoms with Crippen molar-refractivity contribution in [3.05, 3.63) is 18.2 Å². The summed E-state index contributed by atoms with van der Waals surface area (Å²) in [4.78, 5) is 0.512. The molecular formula is C12H18N2O2S. The molecule has 3 N–H and O–H groups in total. The summed E-state index contributed by atoms with van der Waals surface area (Å²) in [5.41, 5.74) is 6.50. The molecule has 0 aliphatic carbocycles. The van der Waals surface area contributed by atoms with Crippen molar-refractivity contribution in [1.82, 2.24) is 0 Å². The molecule has 17 heavy (non-hydrogen) atoms. The quantitative estimate of drug-likeness (QED) is 0.761. The normalized spacial score (nSPS) is 11.7. The summed E-state index contributed by atoms with van der Waals surface area (Å²) in [7, 11) is 3.22. The first kappa shape index (κ1) is 13.6. The minimum absolute atomic E-state index is 0.151. The number of anilines is 1. The van der Waals surface area contributed by atoms with Crippen molar-refractivity contribution in [2.75, 3.05) is 26.1 Å². The van der Waals surface area contributed by atoms with Gasteiger partial charge in [-0.25, -0.2) is 0 Å². The molecular weight excluding hydrogens is 236 g/mol. The van der Waals surface area contributed by atoms with Gasteiger partial charge in [-0.15, -0.1) is 0 Å². The van der Waals surface area contributed by atoms with Crippen molar-refractivity contribution in [2.24, 2.45) is 11.7 Å². The first-order valence-corrected chi connectivity index (χ1v) is 5.74. The highest BCUT2D eigenvalue weighted by Crippen LogP contribution is 2.29. The highest BCUT2D eigenvalue weighted by molar-refractivity contribution is 7.80. The Kier molecular flexibility index (Phi) is 5.03. The van der Waals surface area contributed by atoms with E-state index in [-0.39, 0.29) is 5.92 Å². The predicted octanol–water partition coefficient (Wildman–Crippen LogP) is 2.04. The maximum atomic E-state index is 5.55. The molecule has 0 amide bonds. The van der Waals surface area contributed by atoms with E-state index in [4.69, 9.17) is 27.4 Å². The second-order valence-corrected chi connectivity index (χ2v) is 4.23. The van der Waals surface area contributed by atoms with Crippen LogP contribution in [-0.4, -0.2) is 25.8 Å². The van der Waals surface area contributed by atoms with Crippen LogP contribution >= 0.6 is 12.2 Å². The molecule has 1 aromatic carbocycles. The van der Waals surface area contributed by atoms with Crippen molar-refractivity contribution in [2.45, 2.75) is 6.92 Å². The number of ether oxygens (including phenoxy) is 2. The van der Waals surface area contributed by atoms with Crippen molar-refractivity contribution in [3.63, 3.8) is 0 Å². The van der Waals surface area contributed by atoms with Crippen LogP contribution in [0.2, 0.25) is 0 Å². The number of rotatable bonds is 6. The van der Waals surface area contributed by atoms with E-state index < -0.39 is 0 Å². The topological polar surface area (TPSA) is 56.5 Å². The second-order valence-electron chi connectivity index (χ2n) is 3.75. The van der Waals surface area contributed by atoms with E-state index in [0.717, 1.165) is 5.69 Å². The summed E-state index contributed by atoms with van der Waals surface area (Å²) in [6, 6.07) is 5.66.